The number of carbonyl (C=O) groups excluding carboxylic acids is 1. The molecule has 0 spiro atoms. The van der Waals surface area contributed by atoms with Crippen LogP contribution in [0.25, 0.3) is 0 Å². The standard InChI is InChI=1S/C17H29N3O2S/c1-2-14-12-19-16(23-14)8-10-18-17(22)20-15(9-11-21)13-6-4-3-5-7-13/h12-13,15,21H,2-11H2,1H3,(H2,18,20,22). The summed E-state index contributed by atoms with van der Waals surface area (Å²) < 4.78 is 0. The molecular formula is C17H29N3O2S. The average Bonchev–Trinajstić information content (AvgIpc) is 3.03. The molecule has 0 saturated heterocycles. The minimum absolute atomic E-state index is 0.0897. The van der Waals surface area contributed by atoms with Crippen molar-refractivity contribution >= 4 is 17.4 Å². The molecule has 2 amide bonds. The van der Waals surface area contributed by atoms with Crippen molar-refractivity contribution in [2.75, 3.05) is 13.2 Å². The molecule has 0 radical (unpaired) electrons. The molecule has 3 N–H and O–H groups in total. The average molecular weight is 340 g/mol. The molecule has 1 fully saturated rings. The Morgan fingerprint density at radius 1 is 1.43 bits per heavy atom. The van der Waals surface area contributed by atoms with Crippen molar-refractivity contribution in [1.82, 2.24) is 15.6 Å². The first-order valence-electron chi connectivity index (χ1n) is 8.81. The lowest BCUT2D eigenvalue weighted by molar-refractivity contribution is 0.197. The summed E-state index contributed by atoms with van der Waals surface area (Å²) in [4.78, 5) is 17.7. The minimum atomic E-state index is -0.124. The lowest BCUT2D eigenvalue weighted by Crippen LogP contribution is -2.46. The first-order valence-corrected chi connectivity index (χ1v) is 9.63. The van der Waals surface area contributed by atoms with Gasteiger partial charge in [-0.2, -0.15) is 0 Å². The van der Waals surface area contributed by atoms with Crippen LogP contribution >= 0.6 is 11.3 Å². The molecule has 0 aromatic carbocycles. The number of nitrogens with zero attached hydrogens (tertiary/aromatic N) is 1. The van der Waals surface area contributed by atoms with Crippen LogP contribution in [-0.2, 0) is 12.8 Å². The van der Waals surface area contributed by atoms with Gasteiger partial charge in [-0.3, -0.25) is 0 Å². The van der Waals surface area contributed by atoms with Crippen molar-refractivity contribution in [3.8, 4) is 0 Å². The summed E-state index contributed by atoms with van der Waals surface area (Å²) in [6, 6.07) is -0.0341. The van der Waals surface area contributed by atoms with Crippen molar-refractivity contribution in [1.29, 1.82) is 0 Å². The van der Waals surface area contributed by atoms with Crippen LogP contribution < -0.4 is 10.6 Å². The molecule has 1 unspecified atom stereocenters. The van der Waals surface area contributed by atoms with Crippen LogP contribution in [0.5, 0.6) is 0 Å². The summed E-state index contributed by atoms with van der Waals surface area (Å²) in [5.41, 5.74) is 0. The summed E-state index contributed by atoms with van der Waals surface area (Å²) in [5, 5.41) is 16.3. The van der Waals surface area contributed by atoms with Gasteiger partial charge >= 0.3 is 6.03 Å². The molecule has 1 aromatic heterocycles. The topological polar surface area (TPSA) is 74.2 Å². The van der Waals surface area contributed by atoms with Crippen LogP contribution in [0.2, 0.25) is 0 Å². The highest BCUT2D eigenvalue weighted by atomic mass is 32.1. The first kappa shape index (κ1) is 18.2. The lowest BCUT2D eigenvalue weighted by Gasteiger charge is -2.30. The fourth-order valence-electron chi connectivity index (χ4n) is 3.23. The second-order valence-corrected chi connectivity index (χ2v) is 7.44. The van der Waals surface area contributed by atoms with E-state index < -0.39 is 0 Å². The third-order valence-corrected chi connectivity index (χ3v) is 5.75. The number of nitrogens with one attached hydrogen (secondary N) is 2. The molecule has 0 aliphatic heterocycles. The zero-order valence-corrected chi connectivity index (χ0v) is 14.8. The van der Waals surface area contributed by atoms with Crippen LogP contribution in [0, 0.1) is 5.92 Å². The van der Waals surface area contributed by atoms with Gasteiger partial charge in [0.1, 0.15) is 0 Å². The van der Waals surface area contributed by atoms with Gasteiger partial charge in [0, 0.05) is 36.7 Å². The third-order valence-electron chi connectivity index (χ3n) is 4.55. The maximum Gasteiger partial charge on any atom is 0.315 e. The Hall–Kier alpha value is -1.14. The van der Waals surface area contributed by atoms with Gasteiger partial charge in [0.2, 0.25) is 0 Å². The van der Waals surface area contributed by atoms with Gasteiger partial charge in [-0.15, -0.1) is 11.3 Å². The van der Waals surface area contributed by atoms with Crippen molar-refractivity contribution in [2.24, 2.45) is 5.92 Å². The summed E-state index contributed by atoms with van der Waals surface area (Å²) >= 11 is 1.71. The van der Waals surface area contributed by atoms with Gasteiger partial charge in [0.15, 0.2) is 0 Å². The SMILES string of the molecule is CCc1cnc(CCNC(=O)NC(CCO)C2CCCCC2)s1. The number of aliphatic hydroxyl groups is 1. The highest BCUT2D eigenvalue weighted by Crippen LogP contribution is 2.27. The number of urea groups is 1. The maximum atomic E-state index is 12.1. The zero-order valence-electron chi connectivity index (χ0n) is 14.0. The van der Waals surface area contributed by atoms with Crippen molar-refractivity contribution in [3.05, 3.63) is 16.1 Å². The molecule has 130 valence electrons. The normalized spacial score (nSPS) is 17.0. The molecule has 1 heterocycles. The van der Waals surface area contributed by atoms with E-state index in [1.807, 2.05) is 6.20 Å². The Morgan fingerprint density at radius 2 is 2.22 bits per heavy atom. The van der Waals surface area contributed by atoms with Crippen LogP contribution in [0.4, 0.5) is 4.79 Å². The van der Waals surface area contributed by atoms with E-state index in [1.165, 1.54) is 24.1 Å². The summed E-state index contributed by atoms with van der Waals surface area (Å²) in [7, 11) is 0. The second-order valence-electron chi connectivity index (χ2n) is 6.24. The smallest absolute Gasteiger partial charge is 0.315 e. The van der Waals surface area contributed by atoms with Gasteiger partial charge < -0.3 is 15.7 Å². The molecule has 6 heteroatoms. The molecule has 1 aliphatic rings. The highest BCUT2D eigenvalue weighted by Gasteiger charge is 2.24. The van der Waals surface area contributed by atoms with E-state index in [0.717, 1.165) is 30.7 Å². The third kappa shape index (κ3) is 6.11. The molecule has 1 aliphatic carbocycles. The Kier molecular flexibility index (Phi) is 7.82. The molecule has 1 saturated carbocycles. The van der Waals surface area contributed by atoms with E-state index in [1.54, 1.807) is 11.3 Å². The van der Waals surface area contributed by atoms with Crippen LogP contribution in [0.3, 0.4) is 0 Å². The number of aromatic nitrogens is 1. The molecule has 1 aromatic rings. The number of thiazole rings is 1. The van der Waals surface area contributed by atoms with Gasteiger partial charge in [-0.1, -0.05) is 26.2 Å². The Morgan fingerprint density at radius 3 is 2.87 bits per heavy atom. The Bertz CT molecular complexity index is 472. The van der Waals surface area contributed by atoms with Crippen LogP contribution in [0.1, 0.15) is 55.3 Å². The Balaban J connectivity index is 1.72. The predicted octanol–water partition coefficient (Wildman–Crippen LogP) is 2.88. The lowest BCUT2D eigenvalue weighted by atomic mass is 9.83. The van der Waals surface area contributed by atoms with Crippen LogP contribution in [0.15, 0.2) is 6.20 Å². The molecule has 0 bridgehead atoms. The van der Waals surface area contributed by atoms with Gasteiger partial charge in [-0.25, -0.2) is 9.78 Å². The van der Waals surface area contributed by atoms with Crippen LogP contribution in [-0.4, -0.2) is 35.3 Å². The molecule has 2 rings (SSSR count). The van der Waals surface area contributed by atoms with E-state index in [2.05, 4.69) is 22.5 Å². The fourth-order valence-corrected chi connectivity index (χ4v) is 4.09. The summed E-state index contributed by atoms with van der Waals surface area (Å²) in [6.45, 7) is 2.84. The number of hydrogen-bond acceptors (Lipinski definition) is 4. The number of aliphatic hydroxyl groups excluding tert-OH is 1. The number of aryl methyl sites for hydroxylation is 1. The summed E-state index contributed by atoms with van der Waals surface area (Å²) in [6.07, 6.45) is 10.4. The minimum Gasteiger partial charge on any atom is -0.396 e. The van der Waals surface area contributed by atoms with Crippen molar-refractivity contribution in [2.45, 2.75) is 64.3 Å². The maximum absolute atomic E-state index is 12.1. The summed E-state index contributed by atoms with van der Waals surface area (Å²) in [5.74, 6) is 0.507. The van der Waals surface area contributed by atoms with Crippen molar-refractivity contribution in [3.63, 3.8) is 0 Å². The van der Waals surface area contributed by atoms with Gasteiger partial charge in [-0.05, 0) is 31.6 Å². The molecule has 23 heavy (non-hydrogen) atoms. The largest absolute Gasteiger partial charge is 0.396 e. The monoisotopic (exact) mass is 339 g/mol. The quantitative estimate of drug-likeness (QED) is 0.682. The number of carbonyl (C=O) groups is 1. The Labute approximate surface area is 142 Å². The number of rotatable bonds is 8. The predicted molar refractivity (Wildman–Crippen MR) is 93.8 cm³/mol. The van der Waals surface area contributed by atoms with E-state index in [0.29, 0.717) is 18.9 Å². The van der Waals surface area contributed by atoms with E-state index in [9.17, 15) is 9.90 Å². The number of hydrogen-bond donors (Lipinski definition) is 3. The zero-order chi connectivity index (χ0) is 16.5. The fraction of sp³-hybridized carbons (Fsp3) is 0.765. The second kappa shape index (κ2) is 9.88. The van der Waals surface area contributed by atoms with E-state index >= 15 is 0 Å². The molecule has 5 nitrogen and oxygen atoms in total. The molecule has 1 atom stereocenters. The number of amides is 2. The van der Waals surface area contributed by atoms with E-state index in [4.69, 9.17) is 0 Å². The van der Waals surface area contributed by atoms with Gasteiger partial charge in [0.05, 0.1) is 5.01 Å². The van der Waals surface area contributed by atoms with E-state index in [-0.39, 0.29) is 18.7 Å². The highest BCUT2D eigenvalue weighted by molar-refractivity contribution is 7.11. The first-order chi connectivity index (χ1) is 11.2. The molecular weight excluding hydrogens is 310 g/mol. The van der Waals surface area contributed by atoms with Gasteiger partial charge in [0.25, 0.3) is 0 Å². The van der Waals surface area contributed by atoms with Crippen molar-refractivity contribution < 1.29 is 9.90 Å².